The van der Waals surface area contributed by atoms with Gasteiger partial charge in [0.2, 0.25) is 11.8 Å². The molecule has 2 N–H and O–H groups in total. The number of hydrogen-bond acceptors (Lipinski definition) is 5. The first-order valence-corrected chi connectivity index (χ1v) is 8.03. The molecule has 1 heterocycles. The van der Waals surface area contributed by atoms with Crippen molar-refractivity contribution in [3.63, 3.8) is 0 Å². The molecule has 2 unspecified atom stereocenters. The van der Waals surface area contributed by atoms with Crippen molar-refractivity contribution in [2.24, 2.45) is 0 Å². The smallest absolute Gasteiger partial charge is 0.243 e. The van der Waals surface area contributed by atoms with E-state index in [0.29, 0.717) is 6.42 Å². The van der Waals surface area contributed by atoms with Gasteiger partial charge in [-0.25, -0.2) is 8.42 Å². The number of nitrogens with one attached hydrogen (secondary N) is 2. The summed E-state index contributed by atoms with van der Waals surface area (Å²) in [6.45, 7) is 3.00. The highest BCUT2D eigenvalue weighted by molar-refractivity contribution is 7.91. The van der Waals surface area contributed by atoms with Crippen LogP contribution in [0.4, 0.5) is 0 Å². The van der Waals surface area contributed by atoms with E-state index < -0.39 is 27.3 Å². The zero-order valence-electron chi connectivity index (χ0n) is 10.4. The molecule has 0 aromatic heterocycles. The van der Waals surface area contributed by atoms with Gasteiger partial charge in [-0.15, -0.1) is 0 Å². The van der Waals surface area contributed by atoms with E-state index in [0.717, 1.165) is 0 Å². The molecule has 1 saturated heterocycles. The molecule has 2 atom stereocenters. The van der Waals surface area contributed by atoms with Crippen molar-refractivity contribution >= 4 is 34.3 Å². The van der Waals surface area contributed by atoms with Gasteiger partial charge in [0.25, 0.3) is 0 Å². The number of carbonyl (C=O) groups is 2. The summed E-state index contributed by atoms with van der Waals surface area (Å²) in [5.74, 6) is -0.553. The standard InChI is InChI=1S/C10H18N2O4S2/c1-7(13)11-8(5-17)9(14)12-10(2)3-4-18(15,16)6-10/h8,17H,3-6H2,1-2H3,(H,11,13)(H,12,14). The molecule has 1 aliphatic heterocycles. The van der Waals surface area contributed by atoms with Crippen LogP contribution in [0.1, 0.15) is 20.3 Å². The molecule has 18 heavy (non-hydrogen) atoms. The van der Waals surface area contributed by atoms with Crippen LogP contribution >= 0.6 is 12.6 Å². The van der Waals surface area contributed by atoms with Gasteiger partial charge >= 0.3 is 0 Å². The molecule has 104 valence electrons. The van der Waals surface area contributed by atoms with Crippen LogP contribution in [-0.2, 0) is 19.4 Å². The molecular formula is C10H18N2O4S2. The van der Waals surface area contributed by atoms with Crippen LogP contribution in [0.25, 0.3) is 0 Å². The molecule has 1 aliphatic rings. The van der Waals surface area contributed by atoms with Crippen LogP contribution in [0, 0.1) is 0 Å². The number of thiol groups is 1. The lowest BCUT2D eigenvalue weighted by Gasteiger charge is -2.26. The van der Waals surface area contributed by atoms with Gasteiger partial charge in [0.05, 0.1) is 17.0 Å². The summed E-state index contributed by atoms with van der Waals surface area (Å²) in [5, 5.41) is 5.15. The van der Waals surface area contributed by atoms with Gasteiger partial charge in [-0.3, -0.25) is 9.59 Å². The average molecular weight is 294 g/mol. The first-order valence-electron chi connectivity index (χ1n) is 5.58. The van der Waals surface area contributed by atoms with Crippen molar-refractivity contribution in [2.75, 3.05) is 17.3 Å². The Kier molecular flexibility index (Phi) is 4.66. The number of carbonyl (C=O) groups excluding carboxylic acids is 2. The Morgan fingerprint density at radius 2 is 2.06 bits per heavy atom. The predicted octanol–water partition coefficient (Wildman–Crippen LogP) is -0.886. The lowest BCUT2D eigenvalue weighted by Crippen LogP contribution is -2.55. The van der Waals surface area contributed by atoms with Crippen molar-refractivity contribution in [1.82, 2.24) is 10.6 Å². The summed E-state index contributed by atoms with van der Waals surface area (Å²) in [6, 6.07) is -0.744. The molecule has 2 amide bonds. The van der Waals surface area contributed by atoms with Gasteiger partial charge in [-0.1, -0.05) is 0 Å². The maximum Gasteiger partial charge on any atom is 0.243 e. The maximum absolute atomic E-state index is 11.9. The third-order valence-corrected chi connectivity index (χ3v) is 5.07. The van der Waals surface area contributed by atoms with Crippen molar-refractivity contribution in [3.8, 4) is 0 Å². The van der Waals surface area contributed by atoms with E-state index >= 15 is 0 Å². The van der Waals surface area contributed by atoms with E-state index in [-0.39, 0.29) is 23.2 Å². The van der Waals surface area contributed by atoms with Gasteiger partial charge in [-0.2, -0.15) is 12.6 Å². The van der Waals surface area contributed by atoms with Gasteiger partial charge in [-0.05, 0) is 13.3 Å². The van der Waals surface area contributed by atoms with E-state index in [1.807, 2.05) is 0 Å². The lowest BCUT2D eigenvalue weighted by molar-refractivity contribution is -0.128. The predicted molar refractivity (Wildman–Crippen MR) is 71.3 cm³/mol. The maximum atomic E-state index is 11.9. The van der Waals surface area contributed by atoms with E-state index in [1.54, 1.807) is 6.92 Å². The first kappa shape index (κ1) is 15.3. The molecule has 0 aliphatic carbocycles. The minimum atomic E-state index is -3.08. The van der Waals surface area contributed by atoms with Crippen molar-refractivity contribution in [1.29, 1.82) is 0 Å². The van der Waals surface area contributed by atoms with Gasteiger partial charge < -0.3 is 10.6 Å². The molecule has 1 rings (SSSR count). The van der Waals surface area contributed by atoms with E-state index in [4.69, 9.17) is 0 Å². The van der Waals surface area contributed by atoms with E-state index in [9.17, 15) is 18.0 Å². The van der Waals surface area contributed by atoms with Crippen LogP contribution in [0.15, 0.2) is 0 Å². The van der Waals surface area contributed by atoms with Crippen molar-refractivity contribution in [2.45, 2.75) is 31.8 Å². The Morgan fingerprint density at radius 3 is 2.44 bits per heavy atom. The molecule has 0 aromatic carbocycles. The molecule has 8 heteroatoms. The fourth-order valence-corrected chi connectivity index (χ4v) is 4.28. The zero-order valence-corrected chi connectivity index (χ0v) is 12.1. The average Bonchev–Trinajstić information content (AvgIpc) is 2.48. The Morgan fingerprint density at radius 1 is 1.44 bits per heavy atom. The van der Waals surface area contributed by atoms with Crippen LogP contribution in [0.3, 0.4) is 0 Å². The normalized spacial score (nSPS) is 27.5. The lowest BCUT2D eigenvalue weighted by atomic mass is 10.0. The summed E-state index contributed by atoms with van der Waals surface area (Å²) in [4.78, 5) is 22.8. The molecule has 0 spiro atoms. The van der Waals surface area contributed by atoms with Crippen molar-refractivity contribution in [3.05, 3.63) is 0 Å². The molecule has 0 bridgehead atoms. The summed E-state index contributed by atoms with van der Waals surface area (Å²) < 4.78 is 22.8. The first-order chi connectivity index (χ1) is 8.17. The van der Waals surface area contributed by atoms with Gasteiger partial charge in [0, 0.05) is 12.7 Å². The highest BCUT2D eigenvalue weighted by atomic mass is 32.2. The molecule has 0 radical (unpaired) electrons. The second-order valence-corrected chi connectivity index (χ2v) is 7.38. The molecule has 0 aromatic rings. The molecule has 0 saturated carbocycles. The summed E-state index contributed by atoms with van der Waals surface area (Å²) in [6.07, 6.45) is 0.389. The fraction of sp³-hybridized carbons (Fsp3) is 0.800. The number of amides is 2. The Balaban J connectivity index is 2.66. The van der Waals surface area contributed by atoms with Crippen molar-refractivity contribution < 1.29 is 18.0 Å². The van der Waals surface area contributed by atoms with Gasteiger partial charge in [0.15, 0.2) is 9.84 Å². The quantitative estimate of drug-likeness (QED) is 0.587. The third kappa shape index (κ3) is 4.16. The Bertz CT molecular complexity index is 449. The van der Waals surface area contributed by atoms with Crippen LogP contribution in [0.2, 0.25) is 0 Å². The minimum Gasteiger partial charge on any atom is -0.348 e. The van der Waals surface area contributed by atoms with Crippen LogP contribution in [-0.4, -0.2) is 49.1 Å². The van der Waals surface area contributed by atoms with E-state index in [2.05, 4.69) is 23.3 Å². The van der Waals surface area contributed by atoms with Crippen LogP contribution < -0.4 is 10.6 Å². The Labute approximate surface area is 112 Å². The highest BCUT2D eigenvalue weighted by Crippen LogP contribution is 2.22. The van der Waals surface area contributed by atoms with Crippen LogP contribution in [0.5, 0.6) is 0 Å². The summed E-state index contributed by atoms with van der Waals surface area (Å²) >= 11 is 3.99. The summed E-state index contributed by atoms with van der Waals surface area (Å²) in [5.41, 5.74) is -0.754. The third-order valence-electron chi connectivity index (χ3n) is 2.80. The van der Waals surface area contributed by atoms with Gasteiger partial charge in [0.1, 0.15) is 6.04 Å². The monoisotopic (exact) mass is 294 g/mol. The molecule has 6 nitrogen and oxygen atoms in total. The SMILES string of the molecule is CC(=O)NC(CS)C(=O)NC1(C)CCS(=O)(=O)C1. The Hall–Kier alpha value is -0.760. The number of hydrogen-bond donors (Lipinski definition) is 3. The molecular weight excluding hydrogens is 276 g/mol. The zero-order chi connectivity index (χ0) is 14.0. The highest BCUT2D eigenvalue weighted by Gasteiger charge is 2.40. The number of sulfone groups is 1. The second kappa shape index (κ2) is 5.48. The largest absolute Gasteiger partial charge is 0.348 e. The topological polar surface area (TPSA) is 92.3 Å². The summed E-state index contributed by atoms with van der Waals surface area (Å²) in [7, 11) is -3.08. The number of rotatable bonds is 4. The van der Waals surface area contributed by atoms with E-state index in [1.165, 1.54) is 6.92 Å². The fourth-order valence-electron chi connectivity index (χ4n) is 1.93. The second-order valence-electron chi connectivity index (χ2n) is 4.83. The molecule has 1 fully saturated rings. The minimum absolute atomic E-state index is 0.0644.